The fraction of sp³-hybridized carbons (Fsp3) is 0.586. The number of aromatic amines is 2. The second kappa shape index (κ2) is 14.3. The van der Waals surface area contributed by atoms with Crippen LogP contribution in [0.5, 0.6) is 0 Å². The minimum atomic E-state index is -0.372. The largest absolute Gasteiger partial charge is 0.382 e. The van der Waals surface area contributed by atoms with Crippen LogP contribution in [0.2, 0.25) is 0 Å². The number of amides is 5. The first kappa shape index (κ1) is 35.6. The first-order chi connectivity index (χ1) is 20.3. The van der Waals surface area contributed by atoms with Gasteiger partial charge in [0.05, 0.1) is 5.69 Å². The fourth-order valence-electron chi connectivity index (χ4n) is 3.47. The molecule has 8 N–H and O–H groups in total. The van der Waals surface area contributed by atoms with Crippen LogP contribution in [0, 0.1) is 0 Å². The SMILES string of the molecule is CC(C)(C)c1cc(N)n[nH]1.CNC(=O)Nc1cc(C(C)(C)C)[nH]n1.CNC(=O)Nc1cc(C(C)(C)C)nn1C(=O)N1CCC1. The van der Waals surface area contributed by atoms with Crippen LogP contribution in [0.1, 0.15) is 85.8 Å². The molecule has 4 heterocycles. The second-order valence-corrected chi connectivity index (χ2v) is 13.5. The Balaban J connectivity index is 0.000000245. The van der Waals surface area contributed by atoms with Crippen molar-refractivity contribution in [2.45, 2.75) is 85.0 Å². The van der Waals surface area contributed by atoms with Gasteiger partial charge in [0, 0.05) is 73.0 Å². The van der Waals surface area contributed by atoms with Gasteiger partial charge >= 0.3 is 18.1 Å². The van der Waals surface area contributed by atoms with Crippen molar-refractivity contribution in [1.82, 2.24) is 45.7 Å². The zero-order valence-corrected chi connectivity index (χ0v) is 27.9. The van der Waals surface area contributed by atoms with E-state index >= 15 is 0 Å². The topological polar surface area (TPSA) is 204 Å². The van der Waals surface area contributed by atoms with Gasteiger partial charge in [-0.2, -0.15) is 20.0 Å². The zero-order valence-electron chi connectivity index (χ0n) is 27.9. The number of anilines is 3. The van der Waals surface area contributed by atoms with Crippen molar-refractivity contribution < 1.29 is 14.4 Å². The van der Waals surface area contributed by atoms with E-state index in [-0.39, 0.29) is 34.3 Å². The number of nitrogen functional groups attached to an aromatic ring is 1. The van der Waals surface area contributed by atoms with E-state index in [4.69, 9.17) is 5.73 Å². The van der Waals surface area contributed by atoms with Crippen molar-refractivity contribution in [3.63, 3.8) is 0 Å². The predicted octanol–water partition coefficient (Wildman–Crippen LogP) is 4.35. The molecule has 4 rings (SSSR count). The van der Waals surface area contributed by atoms with Crippen LogP contribution >= 0.6 is 0 Å². The molecule has 0 saturated carbocycles. The van der Waals surface area contributed by atoms with Crippen molar-refractivity contribution >= 4 is 35.5 Å². The maximum absolute atomic E-state index is 12.3. The Kier molecular flexibility index (Phi) is 11.6. The van der Waals surface area contributed by atoms with E-state index in [2.05, 4.69) is 88.3 Å². The van der Waals surface area contributed by atoms with E-state index in [0.29, 0.717) is 17.5 Å². The molecule has 0 spiro atoms. The van der Waals surface area contributed by atoms with Gasteiger partial charge in [0.15, 0.2) is 5.82 Å². The molecule has 15 nitrogen and oxygen atoms in total. The molecule has 0 atom stereocenters. The van der Waals surface area contributed by atoms with Gasteiger partial charge in [0.2, 0.25) is 0 Å². The Morgan fingerprint density at radius 1 is 0.773 bits per heavy atom. The number of nitrogens with two attached hydrogens (primary N) is 1. The highest BCUT2D eigenvalue weighted by molar-refractivity contribution is 5.91. The van der Waals surface area contributed by atoms with Crippen molar-refractivity contribution in [2.75, 3.05) is 43.6 Å². The lowest BCUT2D eigenvalue weighted by atomic mass is 9.92. The Labute approximate surface area is 259 Å². The number of nitrogens with zero attached hydrogens (tertiary/aromatic N) is 5. The van der Waals surface area contributed by atoms with Crippen molar-refractivity contribution in [3.8, 4) is 0 Å². The van der Waals surface area contributed by atoms with Crippen LogP contribution in [0.4, 0.5) is 31.8 Å². The first-order valence-corrected chi connectivity index (χ1v) is 14.5. The number of hydrogen-bond donors (Lipinski definition) is 7. The molecule has 244 valence electrons. The number of aromatic nitrogens is 6. The number of rotatable bonds is 2. The fourth-order valence-corrected chi connectivity index (χ4v) is 3.47. The third kappa shape index (κ3) is 10.3. The Morgan fingerprint density at radius 3 is 1.68 bits per heavy atom. The van der Waals surface area contributed by atoms with Crippen LogP contribution in [-0.4, -0.2) is 80.4 Å². The van der Waals surface area contributed by atoms with E-state index < -0.39 is 0 Å². The third-order valence-electron chi connectivity index (χ3n) is 6.51. The van der Waals surface area contributed by atoms with Crippen LogP contribution in [0.3, 0.4) is 0 Å². The molecular formula is C29H50N12O3. The highest BCUT2D eigenvalue weighted by atomic mass is 16.2. The molecule has 0 unspecified atom stereocenters. The number of carbonyl (C=O) groups excluding carboxylic acids is 3. The molecule has 0 bridgehead atoms. The van der Waals surface area contributed by atoms with Crippen LogP contribution in [-0.2, 0) is 16.2 Å². The average Bonchev–Trinajstić information content (AvgIpc) is 3.62. The summed E-state index contributed by atoms with van der Waals surface area (Å²) >= 11 is 0. The summed E-state index contributed by atoms with van der Waals surface area (Å²) in [7, 11) is 3.09. The van der Waals surface area contributed by atoms with E-state index in [1.165, 1.54) is 11.7 Å². The molecule has 0 aromatic carbocycles. The molecule has 44 heavy (non-hydrogen) atoms. The molecular weight excluding hydrogens is 564 g/mol. The van der Waals surface area contributed by atoms with Gasteiger partial charge in [0.25, 0.3) is 0 Å². The molecule has 3 aromatic heterocycles. The molecule has 5 amide bonds. The normalized spacial score (nSPS) is 12.9. The number of likely N-dealkylation sites (tertiary alicyclic amines) is 1. The van der Waals surface area contributed by atoms with Gasteiger partial charge in [-0.15, -0.1) is 0 Å². The number of carbonyl (C=O) groups is 3. The Hall–Kier alpha value is -4.56. The highest BCUT2D eigenvalue weighted by Crippen LogP contribution is 2.25. The van der Waals surface area contributed by atoms with Gasteiger partial charge in [-0.3, -0.25) is 20.8 Å². The van der Waals surface area contributed by atoms with Gasteiger partial charge in [-0.05, 0) is 6.42 Å². The molecule has 15 heteroatoms. The van der Waals surface area contributed by atoms with Crippen molar-refractivity contribution in [1.29, 1.82) is 0 Å². The lowest BCUT2D eigenvalue weighted by Crippen LogP contribution is -2.45. The zero-order chi connectivity index (χ0) is 33.5. The quantitative estimate of drug-likeness (QED) is 0.222. The lowest BCUT2D eigenvalue weighted by Gasteiger charge is -2.30. The second-order valence-electron chi connectivity index (χ2n) is 13.5. The molecule has 1 aliphatic rings. The summed E-state index contributed by atoms with van der Waals surface area (Å²) in [4.78, 5) is 36.5. The van der Waals surface area contributed by atoms with Crippen LogP contribution < -0.4 is 27.0 Å². The Bertz CT molecular complexity index is 1400. The van der Waals surface area contributed by atoms with Gasteiger partial charge in [-0.25, -0.2) is 14.4 Å². The maximum atomic E-state index is 12.3. The van der Waals surface area contributed by atoms with E-state index in [1.54, 1.807) is 18.0 Å². The van der Waals surface area contributed by atoms with Crippen LogP contribution in [0.25, 0.3) is 0 Å². The van der Waals surface area contributed by atoms with Gasteiger partial charge in [-0.1, -0.05) is 62.3 Å². The number of H-pyrrole nitrogens is 2. The summed E-state index contributed by atoms with van der Waals surface area (Å²) in [6.45, 7) is 20.1. The summed E-state index contributed by atoms with van der Waals surface area (Å²) in [5, 5.41) is 28.1. The van der Waals surface area contributed by atoms with E-state index in [0.717, 1.165) is 36.6 Å². The monoisotopic (exact) mass is 614 g/mol. The minimum Gasteiger partial charge on any atom is -0.382 e. The smallest absolute Gasteiger partial charge is 0.346 e. The molecule has 1 aliphatic heterocycles. The molecule has 0 radical (unpaired) electrons. The maximum Gasteiger partial charge on any atom is 0.346 e. The number of nitrogens with one attached hydrogen (secondary N) is 6. The summed E-state index contributed by atoms with van der Waals surface area (Å²) in [5.41, 5.74) is 8.19. The Morgan fingerprint density at radius 2 is 1.30 bits per heavy atom. The number of urea groups is 2. The van der Waals surface area contributed by atoms with Crippen LogP contribution in [0.15, 0.2) is 18.2 Å². The average molecular weight is 615 g/mol. The van der Waals surface area contributed by atoms with Gasteiger partial charge in [0.1, 0.15) is 11.6 Å². The first-order valence-electron chi connectivity index (χ1n) is 14.5. The summed E-state index contributed by atoms with van der Waals surface area (Å²) < 4.78 is 1.27. The summed E-state index contributed by atoms with van der Waals surface area (Å²) in [6, 6.07) is 4.60. The molecule has 3 aromatic rings. The van der Waals surface area contributed by atoms with Crippen molar-refractivity contribution in [3.05, 3.63) is 35.3 Å². The predicted molar refractivity (Wildman–Crippen MR) is 173 cm³/mol. The highest BCUT2D eigenvalue weighted by Gasteiger charge is 2.28. The van der Waals surface area contributed by atoms with Gasteiger partial charge < -0.3 is 21.3 Å². The standard InChI is InChI=1S/C13H21N5O2.C9H16N4O.C7H13N3/c1-13(2,3)9-8-10(15-11(19)14-4)18(16-9)12(20)17-6-5-7-17;1-9(2,3)6-5-7(13-12-6)11-8(14)10-4;1-7(2,3)5-4-6(8)10-9-5/h8H,5-7H2,1-4H3,(H2,14,15,19);5H,1-4H3,(H3,10,11,12,13,14);4H,1-3H3,(H3,8,9,10). The molecule has 1 saturated heterocycles. The molecule has 0 aliphatic carbocycles. The van der Waals surface area contributed by atoms with Crippen molar-refractivity contribution in [2.24, 2.45) is 0 Å². The molecule has 1 fully saturated rings. The van der Waals surface area contributed by atoms with E-state index in [9.17, 15) is 14.4 Å². The minimum absolute atomic E-state index is 0.00954. The lowest BCUT2D eigenvalue weighted by molar-refractivity contribution is 0.166. The summed E-state index contributed by atoms with van der Waals surface area (Å²) in [6.07, 6.45) is 1.01. The third-order valence-corrected chi connectivity index (χ3v) is 6.51. The summed E-state index contributed by atoms with van der Waals surface area (Å²) in [5.74, 6) is 1.49. The number of hydrogen-bond acceptors (Lipinski definition) is 7. The van der Waals surface area contributed by atoms with E-state index in [1.807, 2.05) is 32.9 Å².